The Bertz CT molecular complexity index is 317. The average molecular weight is 267 g/mol. The van der Waals surface area contributed by atoms with Gasteiger partial charge in [0.05, 0.1) is 6.04 Å². The second kappa shape index (κ2) is 6.23. The normalized spacial score (nSPS) is 31.9. The lowest BCUT2D eigenvalue weighted by molar-refractivity contribution is -0.127. The molecule has 0 bridgehead atoms. The first-order valence-electron chi connectivity index (χ1n) is 7.72. The van der Waals surface area contributed by atoms with Crippen LogP contribution in [-0.4, -0.2) is 49.6 Å². The van der Waals surface area contributed by atoms with Gasteiger partial charge in [0.25, 0.3) is 0 Å². The predicted molar refractivity (Wildman–Crippen MR) is 78.1 cm³/mol. The number of rotatable bonds is 3. The van der Waals surface area contributed by atoms with E-state index in [1.54, 1.807) is 0 Å². The Hall–Kier alpha value is -0.610. The minimum Gasteiger partial charge on any atom is -0.353 e. The van der Waals surface area contributed by atoms with Crippen molar-refractivity contribution < 1.29 is 4.79 Å². The number of likely N-dealkylation sites (tertiary alicyclic amines) is 1. The smallest absolute Gasteiger partial charge is 0.237 e. The highest BCUT2D eigenvalue weighted by Crippen LogP contribution is 2.30. The van der Waals surface area contributed by atoms with Crippen molar-refractivity contribution in [3.63, 3.8) is 0 Å². The standard InChI is InChI=1S/C15H29N3O/c1-15(2)8-6-9-16-13(15)14(19)17-11-12-7-4-5-10-18(12)3/h12-13,16H,4-11H2,1-3H3,(H,17,19). The Labute approximate surface area is 117 Å². The van der Waals surface area contributed by atoms with Gasteiger partial charge in [-0.05, 0) is 51.2 Å². The van der Waals surface area contributed by atoms with Gasteiger partial charge in [0.15, 0.2) is 0 Å². The number of piperidine rings is 2. The van der Waals surface area contributed by atoms with Gasteiger partial charge in [0, 0.05) is 12.6 Å². The molecule has 0 aliphatic carbocycles. The Morgan fingerprint density at radius 1 is 1.37 bits per heavy atom. The average Bonchev–Trinajstić information content (AvgIpc) is 2.37. The van der Waals surface area contributed by atoms with Crippen LogP contribution in [-0.2, 0) is 4.79 Å². The molecule has 0 aromatic heterocycles. The number of likely N-dealkylation sites (N-methyl/N-ethyl adjacent to an activating group) is 1. The number of nitrogens with zero attached hydrogens (tertiary/aromatic N) is 1. The van der Waals surface area contributed by atoms with Crippen LogP contribution in [0.4, 0.5) is 0 Å². The fraction of sp³-hybridized carbons (Fsp3) is 0.933. The third kappa shape index (κ3) is 3.69. The molecule has 2 saturated heterocycles. The Kier molecular flexibility index (Phi) is 4.85. The molecule has 110 valence electrons. The largest absolute Gasteiger partial charge is 0.353 e. The topological polar surface area (TPSA) is 44.4 Å². The molecule has 2 aliphatic rings. The van der Waals surface area contributed by atoms with Crippen molar-refractivity contribution in [2.24, 2.45) is 5.41 Å². The number of carbonyl (C=O) groups excluding carboxylic acids is 1. The molecular formula is C15H29N3O. The van der Waals surface area contributed by atoms with Crippen molar-refractivity contribution in [3.8, 4) is 0 Å². The van der Waals surface area contributed by atoms with Crippen LogP contribution in [0, 0.1) is 5.41 Å². The lowest BCUT2D eigenvalue weighted by atomic mass is 9.77. The summed E-state index contributed by atoms with van der Waals surface area (Å²) in [6.07, 6.45) is 6.08. The van der Waals surface area contributed by atoms with E-state index in [9.17, 15) is 4.79 Å². The van der Waals surface area contributed by atoms with Crippen LogP contribution in [0.1, 0.15) is 46.0 Å². The van der Waals surface area contributed by atoms with Crippen LogP contribution in [0.15, 0.2) is 0 Å². The maximum atomic E-state index is 12.4. The number of carbonyl (C=O) groups is 1. The molecule has 2 unspecified atom stereocenters. The summed E-state index contributed by atoms with van der Waals surface area (Å²) in [5, 5.41) is 6.55. The van der Waals surface area contributed by atoms with Crippen LogP contribution < -0.4 is 10.6 Å². The zero-order chi connectivity index (χ0) is 13.9. The Balaban J connectivity index is 1.83. The van der Waals surface area contributed by atoms with Gasteiger partial charge in [-0.3, -0.25) is 4.79 Å². The molecule has 0 aromatic rings. The van der Waals surface area contributed by atoms with Gasteiger partial charge in [-0.2, -0.15) is 0 Å². The van der Waals surface area contributed by atoms with Crippen molar-refractivity contribution in [2.75, 3.05) is 26.7 Å². The van der Waals surface area contributed by atoms with E-state index in [1.165, 1.54) is 25.7 Å². The summed E-state index contributed by atoms with van der Waals surface area (Å²) in [4.78, 5) is 14.7. The molecular weight excluding hydrogens is 238 g/mol. The predicted octanol–water partition coefficient (Wildman–Crippen LogP) is 1.37. The maximum Gasteiger partial charge on any atom is 0.237 e. The molecule has 2 aliphatic heterocycles. The van der Waals surface area contributed by atoms with Gasteiger partial charge >= 0.3 is 0 Å². The summed E-state index contributed by atoms with van der Waals surface area (Å²) in [7, 11) is 2.17. The first-order valence-corrected chi connectivity index (χ1v) is 7.72. The third-order valence-corrected chi connectivity index (χ3v) is 4.82. The zero-order valence-corrected chi connectivity index (χ0v) is 12.7. The summed E-state index contributed by atoms with van der Waals surface area (Å²) < 4.78 is 0. The highest BCUT2D eigenvalue weighted by molar-refractivity contribution is 5.82. The molecule has 2 rings (SSSR count). The number of nitrogens with one attached hydrogen (secondary N) is 2. The minimum absolute atomic E-state index is 0.0323. The molecule has 4 nitrogen and oxygen atoms in total. The summed E-state index contributed by atoms with van der Waals surface area (Å²) >= 11 is 0. The summed E-state index contributed by atoms with van der Waals surface area (Å²) in [6, 6.07) is 0.486. The molecule has 2 heterocycles. The van der Waals surface area contributed by atoms with E-state index in [1.807, 2.05) is 0 Å². The summed E-state index contributed by atoms with van der Waals surface area (Å²) in [6.45, 7) is 7.30. The van der Waals surface area contributed by atoms with Gasteiger partial charge in [0.2, 0.25) is 5.91 Å². The van der Waals surface area contributed by atoms with E-state index in [-0.39, 0.29) is 17.4 Å². The van der Waals surface area contributed by atoms with Crippen LogP contribution >= 0.6 is 0 Å². The second-order valence-corrected chi connectivity index (χ2v) is 6.85. The molecule has 4 heteroatoms. The van der Waals surface area contributed by atoms with Crippen LogP contribution in [0.5, 0.6) is 0 Å². The molecule has 0 aromatic carbocycles. The van der Waals surface area contributed by atoms with Crippen molar-refractivity contribution in [3.05, 3.63) is 0 Å². The number of hydrogen-bond acceptors (Lipinski definition) is 3. The van der Waals surface area contributed by atoms with Crippen LogP contribution in [0.2, 0.25) is 0 Å². The van der Waals surface area contributed by atoms with E-state index < -0.39 is 0 Å². The monoisotopic (exact) mass is 267 g/mol. The highest BCUT2D eigenvalue weighted by Gasteiger charge is 2.37. The molecule has 0 saturated carbocycles. The van der Waals surface area contributed by atoms with Gasteiger partial charge in [-0.1, -0.05) is 20.3 Å². The minimum atomic E-state index is -0.0323. The third-order valence-electron chi connectivity index (χ3n) is 4.82. The molecule has 2 N–H and O–H groups in total. The second-order valence-electron chi connectivity index (χ2n) is 6.85. The Morgan fingerprint density at radius 2 is 2.16 bits per heavy atom. The van der Waals surface area contributed by atoms with E-state index in [0.717, 1.165) is 26.1 Å². The molecule has 2 atom stereocenters. The van der Waals surface area contributed by atoms with Crippen LogP contribution in [0.3, 0.4) is 0 Å². The van der Waals surface area contributed by atoms with Crippen LogP contribution in [0.25, 0.3) is 0 Å². The quantitative estimate of drug-likeness (QED) is 0.811. The van der Waals surface area contributed by atoms with Crippen molar-refractivity contribution in [2.45, 2.75) is 58.0 Å². The molecule has 19 heavy (non-hydrogen) atoms. The van der Waals surface area contributed by atoms with Gasteiger partial charge in [-0.25, -0.2) is 0 Å². The summed E-state index contributed by atoms with van der Waals surface area (Å²) in [5.41, 5.74) is 0.0702. The van der Waals surface area contributed by atoms with E-state index >= 15 is 0 Å². The fourth-order valence-corrected chi connectivity index (χ4v) is 3.38. The highest BCUT2D eigenvalue weighted by atomic mass is 16.2. The fourth-order valence-electron chi connectivity index (χ4n) is 3.38. The number of amides is 1. The molecule has 2 fully saturated rings. The first kappa shape index (κ1) is 14.8. The zero-order valence-electron chi connectivity index (χ0n) is 12.7. The van der Waals surface area contributed by atoms with E-state index in [2.05, 4.69) is 36.4 Å². The first-order chi connectivity index (χ1) is 9.00. The Morgan fingerprint density at radius 3 is 2.84 bits per heavy atom. The lowest BCUT2D eigenvalue weighted by Gasteiger charge is -2.39. The SMILES string of the molecule is CN1CCCCC1CNC(=O)C1NCCCC1(C)C. The van der Waals surface area contributed by atoms with E-state index in [0.29, 0.717) is 6.04 Å². The lowest BCUT2D eigenvalue weighted by Crippen LogP contribution is -2.57. The van der Waals surface area contributed by atoms with Gasteiger partial charge < -0.3 is 15.5 Å². The maximum absolute atomic E-state index is 12.4. The van der Waals surface area contributed by atoms with Gasteiger partial charge in [-0.15, -0.1) is 0 Å². The van der Waals surface area contributed by atoms with Gasteiger partial charge in [0.1, 0.15) is 0 Å². The summed E-state index contributed by atoms with van der Waals surface area (Å²) in [5.74, 6) is 0.184. The van der Waals surface area contributed by atoms with Crippen molar-refractivity contribution in [1.82, 2.24) is 15.5 Å². The van der Waals surface area contributed by atoms with Crippen molar-refractivity contribution in [1.29, 1.82) is 0 Å². The number of hydrogen-bond donors (Lipinski definition) is 2. The van der Waals surface area contributed by atoms with Crippen molar-refractivity contribution >= 4 is 5.91 Å². The molecule has 0 spiro atoms. The molecule has 1 amide bonds. The van der Waals surface area contributed by atoms with E-state index in [4.69, 9.17) is 0 Å². The molecule has 0 radical (unpaired) electrons.